The molecule has 0 saturated heterocycles. The molecule has 0 N–H and O–H groups in total. The lowest BCUT2D eigenvalue weighted by Gasteiger charge is -2.17. The van der Waals surface area contributed by atoms with Gasteiger partial charge >= 0.3 is 0 Å². The highest BCUT2D eigenvalue weighted by Gasteiger charge is 2.13. The number of benzene rings is 2. The van der Waals surface area contributed by atoms with Crippen molar-refractivity contribution < 1.29 is 9.53 Å². The van der Waals surface area contributed by atoms with Crippen LogP contribution >= 0.6 is 22.9 Å². The summed E-state index contributed by atoms with van der Waals surface area (Å²) in [7, 11) is 1.77. The Morgan fingerprint density at radius 3 is 2.48 bits per heavy atom. The van der Waals surface area contributed by atoms with Gasteiger partial charge in [-0.15, -0.1) is 11.3 Å². The standard InChI is InChI=1S/C20H18ClNO2S/c1-22(13-16-11-12-19(21)25-16)20(23)14-24-18-10-6-5-9-17(18)15-7-3-2-4-8-15/h2-12H,13-14H2,1H3. The molecule has 3 rings (SSSR count). The largest absolute Gasteiger partial charge is 0.483 e. The van der Waals surface area contributed by atoms with Crippen LogP contribution in [0.25, 0.3) is 11.1 Å². The van der Waals surface area contributed by atoms with Gasteiger partial charge in [0.15, 0.2) is 6.61 Å². The van der Waals surface area contributed by atoms with E-state index in [2.05, 4.69) is 0 Å². The molecule has 0 aliphatic rings. The third-order valence-electron chi connectivity index (χ3n) is 3.77. The van der Waals surface area contributed by atoms with Crippen molar-refractivity contribution in [3.63, 3.8) is 0 Å². The van der Waals surface area contributed by atoms with Crippen molar-refractivity contribution in [3.8, 4) is 16.9 Å². The molecule has 3 nitrogen and oxygen atoms in total. The van der Waals surface area contributed by atoms with Gasteiger partial charge in [-0.3, -0.25) is 4.79 Å². The lowest BCUT2D eigenvalue weighted by atomic mass is 10.1. The van der Waals surface area contributed by atoms with Crippen molar-refractivity contribution in [2.24, 2.45) is 0 Å². The molecule has 0 unspecified atom stereocenters. The van der Waals surface area contributed by atoms with Crippen LogP contribution < -0.4 is 4.74 Å². The summed E-state index contributed by atoms with van der Waals surface area (Å²) in [4.78, 5) is 15.0. The van der Waals surface area contributed by atoms with Crippen LogP contribution in [0.4, 0.5) is 0 Å². The zero-order valence-corrected chi connectivity index (χ0v) is 15.4. The topological polar surface area (TPSA) is 29.5 Å². The average Bonchev–Trinajstić information content (AvgIpc) is 3.05. The molecule has 2 aromatic carbocycles. The number of hydrogen-bond acceptors (Lipinski definition) is 3. The molecule has 1 aromatic heterocycles. The average molecular weight is 372 g/mol. The van der Waals surface area contributed by atoms with Gasteiger partial charge in [-0.1, -0.05) is 60.1 Å². The number of nitrogens with zero attached hydrogens (tertiary/aromatic N) is 1. The first-order valence-electron chi connectivity index (χ1n) is 7.89. The molecule has 0 atom stereocenters. The summed E-state index contributed by atoms with van der Waals surface area (Å²) < 4.78 is 6.53. The highest BCUT2D eigenvalue weighted by Crippen LogP contribution is 2.29. The molecule has 0 aliphatic carbocycles. The van der Waals surface area contributed by atoms with Crippen LogP contribution in [0, 0.1) is 0 Å². The van der Waals surface area contributed by atoms with Gasteiger partial charge in [0.25, 0.3) is 5.91 Å². The van der Waals surface area contributed by atoms with Gasteiger partial charge in [-0.25, -0.2) is 0 Å². The van der Waals surface area contributed by atoms with E-state index in [1.165, 1.54) is 11.3 Å². The lowest BCUT2D eigenvalue weighted by Crippen LogP contribution is -2.30. The predicted octanol–water partition coefficient (Wildman–Crippen LogP) is 5.11. The van der Waals surface area contributed by atoms with Crippen LogP contribution in [0.15, 0.2) is 66.7 Å². The molecule has 1 amide bonds. The van der Waals surface area contributed by atoms with Crippen molar-refractivity contribution in [1.82, 2.24) is 4.90 Å². The van der Waals surface area contributed by atoms with E-state index in [4.69, 9.17) is 16.3 Å². The summed E-state index contributed by atoms with van der Waals surface area (Å²) in [6, 6.07) is 21.5. The third-order valence-corrected chi connectivity index (χ3v) is 4.99. The van der Waals surface area contributed by atoms with Gasteiger partial charge in [0.05, 0.1) is 10.9 Å². The number of amides is 1. The highest BCUT2D eigenvalue weighted by atomic mass is 35.5. The molecule has 128 valence electrons. The zero-order chi connectivity index (χ0) is 17.6. The van der Waals surface area contributed by atoms with Crippen LogP contribution in [0.5, 0.6) is 5.75 Å². The van der Waals surface area contributed by atoms with Crippen molar-refractivity contribution in [2.45, 2.75) is 6.54 Å². The Morgan fingerprint density at radius 1 is 1.04 bits per heavy atom. The number of carbonyl (C=O) groups is 1. The number of hydrogen-bond donors (Lipinski definition) is 0. The SMILES string of the molecule is CN(Cc1ccc(Cl)s1)C(=O)COc1ccccc1-c1ccccc1. The minimum atomic E-state index is -0.0765. The second-order valence-corrected chi connectivity index (χ2v) is 7.41. The second-order valence-electron chi connectivity index (χ2n) is 5.61. The number of para-hydroxylation sites is 1. The Labute approximate surface area is 156 Å². The Kier molecular flexibility index (Phi) is 5.74. The van der Waals surface area contributed by atoms with Crippen LogP contribution in [0.3, 0.4) is 0 Å². The molecule has 0 fully saturated rings. The van der Waals surface area contributed by atoms with E-state index in [-0.39, 0.29) is 12.5 Å². The second kappa shape index (κ2) is 8.19. The van der Waals surface area contributed by atoms with Crippen LogP contribution in [0.1, 0.15) is 4.88 Å². The molecule has 0 spiro atoms. The van der Waals surface area contributed by atoms with Gasteiger partial charge in [-0.2, -0.15) is 0 Å². The number of halogens is 1. The normalized spacial score (nSPS) is 10.5. The number of carbonyl (C=O) groups excluding carboxylic acids is 1. The summed E-state index contributed by atoms with van der Waals surface area (Å²) >= 11 is 7.41. The predicted molar refractivity (Wildman–Crippen MR) is 103 cm³/mol. The monoisotopic (exact) mass is 371 g/mol. The zero-order valence-electron chi connectivity index (χ0n) is 13.8. The van der Waals surface area contributed by atoms with Gasteiger partial charge < -0.3 is 9.64 Å². The summed E-state index contributed by atoms with van der Waals surface area (Å²) in [5.41, 5.74) is 2.04. The Morgan fingerprint density at radius 2 is 1.76 bits per heavy atom. The van der Waals surface area contributed by atoms with Gasteiger partial charge in [-0.05, 0) is 23.8 Å². The van der Waals surface area contributed by atoms with E-state index in [1.807, 2.05) is 66.7 Å². The van der Waals surface area contributed by atoms with E-state index in [0.29, 0.717) is 12.3 Å². The molecule has 0 saturated carbocycles. The minimum Gasteiger partial charge on any atom is -0.483 e. The van der Waals surface area contributed by atoms with Crippen LogP contribution in [-0.4, -0.2) is 24.5 Å². The van der Waals surface area contributed by atoms with Gasteiger partial charge in [0.2, 0.25) is 0 Å². The Balaban J connectivity index is 1.64. The molecule has 1 heterocycles. The van der Waals surface area contributed by atoms with Crippen molar-refractivity contribution in [2.75, 3.05) is 13.7 Å². The van der Waals surface area contributed by atoms with E-state index in [9.17, 15) is 4.79 Å². The first-order chi connectivity index (χ1) is 12.1. The van der Waals surface area contributed by atoms with Gasteiger partial charge in [0.1, 0.15) is 5.75 Å². The summed E-state index contributed by atoms with van der Waals surface area (Å²) in [5.74, 6) is 0.627. The van der Waals surface area contributed by atoms with Crippen LogP contribution in [-0.2, 0) is 11.3 Å². The van der Waals surface area contributed by atoms with Crippen molar-refractivity contribution >= 4 is 28.8 Å². The maximum absolute atomic E-state index is 12.3. The first-order valence-corrected chi connectivity index (χ1v) is 9.08. The van der Waals surface area contributed by atoms with Crippen LogP contribution in [0.2, 0.25) is 4.34 Å². The van der Waals surface area contributed by atoms with E-state index in [0.717, 1.165) is 20.3 Å². The number of ether oxygens (including phenoxy) is 1. The molecule has 3 aromatic rings. The maximum Gasteiger partial charge on any atom is 0.260 e. The first kappa shape index (κ1) is 17.5. The quantitative estimate of drug-likeness (QED) is 0.602. The summed E-state index contributed by atoms with van der Waals surface area (Å²) in [6.07, 6.45) is 0. The third kappa shape index (κ3) is 4.62. The molecule has 0 aliphatic heterocycles. The van der Waals surface area contributed by atoms with E-state index < -0.39 is 0 Å². The fraction of sp³-hybridized carbons (Fsp3) is 0.150. The maximum atomic E-state index is 12.3. The molecule has 0 radical (unpaired) electrons. The van der Waals surface area contributed by atoms with Gasteiger partial charge in [0, 0.05) is 17.5 Å². The van der Waals surface area contributed by atoms with E-state index >= 15 is 0 Å². The fourth-order valence-electron chi connectivity index (χ4n) is 2.46. The number of rotatable bonds is 6. The number of thiophene rings is 1. The molecular weight excluding hydrogens is 354 g/mol. The summed E-state index contributed by atoms with van der Waals surface area (Å²) in [6.45, 7) is 0.527. The fourth-order valence-corrected chi connectivity index (χ4v) is 3.60. The minimum absolute atomic E-state index is 0.000541. The summed E-state index contributed by atoms with van der Waals surface area (Å²) in [5, 5.41) is 0. The Bertz CT molecular complexity index is 848. The van der Waals surface area contributed by atoms with Crippen molar-refractivity contribution in [3.05, 3.63) is 75.9 Å². The van der Waals surface area contributed by atoms with E-state index in [1.54, 1.807) is 11.9 Å². The molecule has 5 heteroatoms. The molecular formula is C20H18ClNO2S. The molecule has 0 bridgehead atoms. The van der Waals surface area contributed by atoms with Crippen molar-refractivity contribution in [1.29, 1.82) is 0 Å². The highest BCUT2D eigenvalue weighted by molar-refractivity contribution is 7.16. The molecule has 25 heavy (non-hydrogen) atoms. The smallest absolute Gasteiger partial charge is 0.260 e. The Hall–Kier alpha value is -2.30. The lowest BCUT2D eigenvalue weighted by molar-refractivity contribution is -0.132. The number of likely N-dealkylation sites (N-methyl/N-ethyl adjacent to an activating group) is 1.